The summed E-state index contributed by atoms with van der Waals surface area (Å²) in [6.07, 6.45) is 4.50. The van der Waals surface area contributed by atoms with E-state index in [1.165, 1.54) is 24.0 Å². The second-order valence-electron chi connectivity index (χ2n) is 6.72. The van der Waals surface area contributed by atoms with Gasteiger partial charge in [0, 0.05) is 18.2 Å². The lowest BCUT2D eigenvalue weighted by atomic mass is 9.89. The topological polar surface area (TPSA) is 41.5 Å². The molecule has 1 aliphatic rings. The maximum Gasteiger partial charge on any atom is 0.0827 e. The van der Waals surface area contributed by atoms with E-state index in [0.29, 0.717) is 12.6 Å². The first-order valence-electron chi connectivity index (χ1n) is 8.12. The molecule has 3 heteroatoms. The lowest BCUT2D eigenvalue weighted by Crippen LogP contribution is -2.49. The molecule has 0 aromatic heterocycles. The van der Waals surface area contributed by atoms with E-state index in [1.54, 1.807) is 0 Å². The first kappa shape index (κ1) is 16.5. The Bertz CT molecular complexity index is 447. The van der Waals surface area contributed by atoms with Gasteiger partial charge in [0.1, 0.15) is 0 Å². The summed E-state index contributed by atoms with van der Waals surface area (Å²) in [4.78, 5) is 0. The molecule has 0 saturated carbocycles. The van der Waals surface area contributed by atoms with Gasteiger partial charge in [0.2, 0.25) is 0 Å². The molecule has 1 aromatic rings. The molecule has 0 amide bonds. The lowest BCUT2D eigenvalue weighted by Gasteiger charge is -2.32. The van der Waals surface area contributed by atoms with Crippen LogP contribution >= 0.6 is 0 Å². The summed E-state index contributed by atoms with van der Waals surface area (Å²) in [7, 11) is 0. The number of fused-ring (bicyclic) bond motifs is 1. The van der Waals surface area contributed by atoms with E-state index >= 15 is 0 Å². The third-order valence-corrected chi connectivity index (χ3v) is 4.27. The normalized spacial score (nSPS) is 21.1. The molecule has 0 spiro atoms. The fraction of sp³-hybridized carbons (Fsp3) is 0.667. The summed E-state index contributed by atoms with van der Waals surface area (Å²) >= 11 is 0. The van der Waals surface area contributed by atoms with Crippen LogP contribution in [-0.2, 0) is 11.2 Å². The Morgan fingerprint density at radius 1 is 1.38 bits per heavy atom. The zero-order valence-corrected chi connectivity index (χ0v) is 13.6. The summed E-state index contributed by atoms with van der Waals surface area (Å²) in [5.41, 5.74) is 2.52. The van der Waals surface area contributed by atoms with Crippen molar-refractivity contribution in [1.29, 1.82) is 0 Å². The lowest BCUT2D eigenvalue weighted by molar-refractivity contribution is 0.0194. The van der Waals surface area contributed by atoms with Crippen molar-refractivity contribution in [2.45, 2.75) is 64.1 Å². The fourth-order valence-electron chi connectivity index (χ4n) is 3.20. The van der Waals surface area contributed by atoms with Crippen LogP contribution in [0.1, 0.15) is 57.3 Å². The van der Waals surface area contributed by atoms with Crippen LogP contribution in [0.3, 0.4) is 0 Å². The van der Waals surface area contributed by atoms with Gasteiger partial charge in [-0.1, -0.05) is 38.1 Å². The van der Waals surface area contributed by atoms with Crippen LogP contribution in [0.15, 0.2) is 24.3 Å². The molecule has 2 rings (SSSR count). The van der Waals surface area contributed by atoms with Crippen molar-refractivity contribution in [2.75, 3.05) is 13.2 Å². The Morgan fingerprint density at radius 2 is 2.14 bits per heavy atom. The molecule has 1 aliphatic carbocycles. The quantitative estimate of drug-likeness (QED) is 0.810. The Labute approximate surface area is 128 Å². The van der Waals surface area contributed by atoms with Crippen molar-refractivity contribution >= 4 is 0 Å². The summed E-state index contributed by atoms with van der Waals surface area (Å²) in [6.45, 7) is 7.08. The van der Waals surface area contributed by atoms with Gasteiger partial charge in [-0.2, -0.15) is 0 Å². The van der Waals surface area contributed by atoms with Crippen LogP contribution in [0, 0.1) is 0 Å². The van der Waals surface area contributed by atoms with Crippen LogP contribution < -0.4 is 5.32 Å². The maximum atomic E-state index is 9.61. The van der Waals surface area contributed by atoms with Gasteiger partial charge in [0.25, 0.3) is 0 Å². The molecule has 0 fully saturated rings. The highest BCUT2D eigenvalue weighted by Gasteiger charge is 2.25. The van der Waals surface area contributed by atoms with Crippen molar-refractivity contribution in [3.05, 3.63) is 35.4 Å². The largest absolute Gasteiger partial charge is 0.394 e. The Hall–Kier alpha value is -0.900. The van der Waals surface area contributed by atoms with E-state index < -0.39 is 0 Å². The van der Waals surface area contributed by atoms with Gasteiger partial charge in [0.15, 0.2) is 0 Å². The third kappa shape index (κ3) is 4.53. The minimum Gasteiger partial charge on any atom is -0.394 e. The second-order valence-corrected chi connectivity index (χ2v) is 6.72. The smallest absolute Gasteiger partial charge is 0.0827 e. The minimum atomic E-state index is -0.262. The fourth-order valence-corrected chi connectivity index (χ4v) is 3.20. The van der Waals surface area contributed by atoms with Gasteiger partial charge in [-0.05, 0) is 43.7 Å². The summed E-state index contributed by atoms with van der Waals surface area (Å²) < 4.78 is 6.14. The molecule has 2 atom stereocenters. The summed E-state index contributed by atoms with van der Waals surface area (Å²) in [6, 6.07) is 8.97. The van der Waals surface area contributed by atoms with Crippen molar-refractivity contribution in [2.24, 2.45) is 0 Å². The molecule has 0 saturated heterocycles. The number of rotatable bonds is 7. The highest BCUT2D eigenvalue weighted by Crippen LogP contribution is 2.32. The van der Waals surface area contributed by atoms with Gasteiger partial charge in [-0.15, -0.1) is 0 Å². The van der Waals surface area contributed by atoms with Crippen LogP contribution in [0.2, 0.25) is 0 Å². The first-order valence-corrected chi connectivity index (χ1v) is 8.12. The predicted octanol–water partition coefficient (Wildman–Crippen LogP) is 3.22. The monoisotopic (exact) mass is 291 g/mol. The van der Waals surface area contributed by atoms with Gasteiger partial charge >= 0.3 is 0 Å². The number of hydrogen-bond donors (Lipinski definition) is 2. The summed E-state index contributed by atoms with van der Waals surface area (Å²) in [5.74, 6) is 0. The Kier molecular flexibility index (Phi) is 5.80. The molecule has 0 radical (unpaired) electrons. The average Bonchev–Trinajstić information content (AvgIpc) is 2.47. The predicted molar refractivity (Wildman–Crippen MR) is 86.5 cm³/mol. The van der Waals surface area contributed by atoms with Crippen molar-refractivity contribution in [1.82, 2.24) is 5.32 Å². The number of hydrogen-bond acceptors (Lipinski definition) is 3. The number of ether oxygens (including phenoxy) is 1. The van der Waals surface area contributed by atoms with Gasteiger partial charge < -0.3 is 15.2 Å². The molecule has 1 aromatic carbocycles. The van der Waals surface area contributed by atoms with Crippen molar-refractivity contribution in [3.63, 3.8) is 0 Å². The van der Waals surface area contributed by atoms with Crippen molar-refractivity contribution in [3.8, 4) is 0 Å². The van der Waals surface area contributed by atoms with Crippen LogP contribution in [-0.4, -0.2) is 29.9 Å². The molecule has 0 bridgehead atoms. The van der Waals surface area contributed by atoms with E-state index in [4.69, 9.17) is 4.74 Å². The number of aliphatic hydroxyl groups is 1. The molecule has 0 aliphatic heterocycles. The van der Waals surface area contributed by atoms with Crippen LogP contribution in [0.5, 0.6) is 0 Å². The van der Waals surface area contributed by atoms with E-state index in [2.05, 4.69) is 50.4 Å². The Balaban J connectivity index is 1.89. The SMILES string of the molecule is CC(C)NC(C)(CO)CCOC1CCCc2ccccc21. The van der Waals surface area contributed by atoms with Crippen molar-refractivity contribution < 1.29 is 9.84 Å². The van der Waals surface area contributed by atoms with Gasteiger partial charge in [-0.25, -0.2) is 0 Å². The number of nitrogens with one attached hydrogen (secondary N) is 1. The Morgan fingerprint density at radius 3 is 2.86 bits per heavy atom. The van der Waals surface area contributed by atoms with Gasteiger partial charge in [-0.3, -0.25) is 0 Å². The van der Waals surface area contributed by atoms with E-state index in [1.807, 2.05) is 0 Å². The molecular weight excluding hydrogens is 262 g/mol. The van der Waals surface area contributed by atoms with Crippen LogP contribution in [0.4, 0.5) is 0 Å². The van der Waals surface area contributed by atoms with Crippen LogP contribution in [0.25, 0.3) is 0 Å². The maximum absolute atomic E-state index is 9.61. The summed E-state index contributed by atoms with van der Waals surface area (Å²) in [5, 5.41) is 13.0. The average molecular weight is 291 g/mol. The molecule has 21 heavy (non-hydrogen) atoms. The number of aliphatic hydroxyl groups excluding tert-OH is 1. The second kappa shape index (κ2) is 7.39. The zero-order valence-electron chi connectivity index (χ0n) is 13.6. The first-order chi connectivity index (χ1) is 10.0. The van der Waals surface area contributed by atoms with E-state index in [-0.39, 0.29) is 18.2 Å². The molecule has 2 N–H and O–H groups in total. The minimum absolute atomic E-state index is 0.135. The standard InChI is InChI=1S/C18H29NO2/c1-14(2)19-18(3,13-20)11-12-21-17-10-6-8-15-7-4-5-9-16(15)17/h4-5,7,9,14,17,19-20H,6,8,10-13H2,1-3H3. The number of benzene rings is 1. The molecular formula is C18H29NO2. The van der Waals surface area contributed by atoms with E-state index in [0.717, 1.165) is 12.8 Å². The molecule has 118 valence electrons. The molecule has 3 nitrogen and oxygen atoms in total. The van der Waals surface area contributed by atoms with Gasteiger partial charge in [0.05, 0.1) is 12.7 Å². The molecule has 0 heterocycles. The third-order valence-electron chi connectivity index (χ3n) is 4.27. The number of aryl methyl sites for hydroxylation is 1. The van der Waals surface area contributed by atoms with E-state index in [9.17, 15) is 5.11 Å². The zero-order chi connectivity index (χ0) is 15.3. The highest BCUT2D eigenvalue weighted by molar-refractivity contribution is 5.31. The highest BCUT2D eigenvalue weighted by atomic mass is 16.5. The molecule has 2 unspecified atom stereocenters.